The Hall–Kier alpha value is -1.26. The molecule has 7 rings (SSSR count). The van der Waals surface area contributed by atoms with Gasteiger partial charge in [-0.15, -0.1) is 0 Å². The summed E-state index contributed by atoms with van der Waals surface area (Å²) in [4.78, 5) is 25.7. The number of amides is 1. The number of rotatable bonds is 6. The molecule has 7 aliphatic rings. The van der Waals surface area contributed by atoms with Gasteiger partial charge in [-0.2, -0.15) is 0 Å². The highest BCUT2D eigenvalue weighted by molar-refractivity contribution is 5.77. The van der Waals surface area contributed by atoms with Crippen LogP contribution in [0.15, 0.2) is 0 Å². The quantitative estimate of drug-likeness (QED) is 0.383. The predicted molar refractivity (Wildman–Crippen MR) is 172 cm³/mol. The van der Waals surface area contributed by atoms with Crippen LogP contribution in [0, 0.1) is 45.3 Å². The second kappa shape index (κ2) is 11.4. The lowest BCUT2D eigenvalue weighted by molar-refractivity contribution is -0.225. The molecule has 0 aromatic heterocycles. The van der Waals surface area contributed by atoms with Crippen molar-refractivity contribution in [3.8, 4) is 0 Å². The van der Waals surface area contributed by atoms with Gasteiger partial charge in [0.25, 0.3) is 0 Å². The number of carbonyl (C=O) groups excluding carboxylic acids is 2. The Morgan fingerprint density at radius 3 is 2.46 bits per heavy atom. The molecule has 2 spiro atoms. The SMILES string of the molecule is CC(=O)O[C@@H](C1CCC2C(CC3C4CCC5C(C)(C)[C@@H](OC6CCN(C(=O)CO)CCO6)CCC56CC46CCC23C)O1)C(C)(C)O.[HH]. The van der Waals surface area contributed by atoms with Crippen molar-refractivity contribution in [3.63, 3.8) is 0 Å². The van der Waals surface area contributed by atoms with Crippen LogP contribution in [0.2, 0.25) is 0 Å². The summed E-state index contributed by atoms with van der Waals surface area (Å²) < 4.78 is 25.4. The van der Waals surface area contributed by atoms with E-state index in [4.69, 9.17) is 18.9 Å². The molecular weight excluding hydrogens is 586 g/mol. The molecule has 0 bridgehead atoms. The van der Waals surface area contributed by atoms with Crippen molar-refractivity contribution in [1.82, 2.24) is 4.90 Å². The number of hydrogen-bond acceptors (Lipinski definition) is 8. The van der Waals surface area contributed by atoms with E-state index in [0.29, 0.717) is 54.7 Å². The molecule has 0 aromatic rings. The van der Waals surface area contributed by atoms with Gasteiger partial charge >= 0.3 is 5.97 Å². The van der Waals surface area contributed by atoms with Gasteiger partial charge < -0.3 is 34.1 Å². The Bertz CT molecular complexity index is 1210. The average molecular weight is 648 g/mol. The molecule has 7 fully saturated rings. The van der Waals surface area contributed by atoms with Crippen molar-refractivity contribution in [2.45, 2.75) is 148 Å². The molecule has 9 heteroatoms. The molecule has 2 heterocycles. The predicted octanol–water partition coefficient (Wildman–Crippen LogP) is 5.09. The Balaban J connectivity index is 0.00000386. The van der Waals surface area contributed by atoms with E-state index < -0.39 is 18.3 Å². The molecular formula is C37H61NO8. The van der Waals surface area contributed by atoms with Gasteiger partial charge in [-0.3, -0.25) is 9.59 Å². The maximum Gasteiger partial charge on any atom is 0.303 e. The third-order valence-corrected chi connectivity index (χ3v) is 15.0. The van der Waals surface area contributed by atoms with E-state index in [1.54, 1.807) is 18.7 Å². The lowest BCUT2D eigenvalue weighted by Crippen LogP contribution is -2.55. The van der Waals surface area contributed by atoms with E-state index in [1.165, 1.54) is 45.4 Å². The molecule has 46 heavy (non-hydrogen) atoms. The standard InChI is InChI=1S/C37H59NO8.H2/c1-22(40)44-32(34(4,5)42)26-9-7-24-27(45-26)19-25-23-8-10-28-33(2,3)29(46-31-12-16-38(17-18-43-31)30(41)20-39)11-13-37(28)21-36(23,37)15-14-35(24,25)6;/h23-29,31-32,39,42H,7-21H2,1-6H3;1H/t23?,24?,25?,26?,27?,28?,29-,31?,32-,35?,36?,37?;/m0./s1. The monoisotopic (exact) mass is 647 g/mol. The number of aliphatic hydroxyl groups is 2. The molecule has 0 aromatic carbocycles. The molecule has 262 valence electrons. The van der Waals surface area contributed by atoms with E-state index >= 15 is 0 Å². The van der Waals surface area contributed by atoms with Gasteiger partial charge in [-0.05, 0) is 123 Å². The highest BCUT2D eigenvalue weighted by atomic mass is 16.7. The number of carbonyl (C=O) groups is 2. The van der Waals surface area contributed by atoms with Crippen molar-refractivity contribution in [2.75, 3.05) is 26.3 Å². The molecule has 0 radical (unpaired) electrons. The van der Waals surface area contributed by atoms with Crippen LogP contribution in [0.3, 0.4) is 0 Å². The number of hydrogen-bond donors (Lipinski definition) is 2. The van der Waals surface area contributed by atoms with Crippen LogP contribution in [0.1, 0.15) is 114 Å². The fraction of sp³-hybridized carbons (Fsp3) is 0.946. The normalized spacial score (nSPS) is 46.8. The number of fused-ring (bicyclic) bond motifs is 4. The van der Waals surface area contributed by atoms with Crippen molar-refractivity contribution in [3.05, 3.63) is 0 Å². The molecule has 2 N–H and O–H groups in total. The Kier molecular flexibility index (Phi) is 8.24. The zero-order chi connectivity index (χ0) is 32.9. The maximum absolute atomic E-state index is 12.1. The first kappa shape index (κ1) is 33.2. The zero-order valence-electron chi connectivity index (χ0n) is 29.1. The minimum Gasteiger partial charge on any atom is -0.457 e. The van der Waals surface area contributed by atoms with Gasteiger partial charge in [-0.25, -0.2) is 0 Å². The first-order chi connectivity index (χ1) is 21.7. The minimum absolute atomic E-state index is 0. The van der Waals surface area contributed by atoms with Gasteiger partial charge in [0.05, 0.1) is 30.5 Å². The van der Waals surface area contributed by atoms with Crippen LogP contribution < -0.4 is 0 Å². The summed E-state index contributed by atoms with van der Waals surface area (Å²) in [6, 6.07) is 0. The highest BCUT2D eigenvalue weighted by Gasteiger charge is 2.80. The molecule has 12 atom stereocenters. The molecule has 2 saturated heterocycles. The summed E-state index contributed by atoms with van der Waals surface area (Å²) in [5.41, 5.74) is 0.0247. The van der Waals surface area contributed by atoms with E-state index in [0.717, 1.165) is 31.6 Å². The van der Waals surface area contributed by atoms with Crippen LogP contribution >= 0.6 is 0 Å². The van der Waals surface area contributed by atoms with Crippen molar-refractivity contribution >= 4 is 11.9 Å². The first-order valence-corrected chi connectivity index (χ1v) is 18.4. The second-order valence-corrected chi connectivity index (χ2v) is 17.8. The minimum atomic E-state index is -1.15. The summed E-state index contributed by atoms with van der Waals surface area (Å²) in [6.45, 7) is 13.4. The Labute approximate surface area is 276 Å². The zero-order valence-corrected chi connectivity index (χ0v) is 29.1. The van der Waals surface area contributed by atoms with E-state index in [1.807, 2.05) is 0 Å². The maximum atomic E-state index is 12.1. The summed E-state index contributed by atoms with van der Waals surface area (Å²) in [6.07, 6.45) is 11.5. The van der Waals surface area contributed by atoms with Crippen molar-refractivity contribution in [2.24, 2.45) is 45.3 Å². The molecule has 5 aliphatic carbocycles. The summed E-state index contributed by atoms with van der Waals surface area (Å²) in [5.74, 6) is 1.96. The van der Waals surface area contributed by atoms with Crippen LogP contribution in [0.4, 0.5) is 0 Å². The van der Waals surface area contributed by atoms with Gasteiger partial charge in [0, 0.05) is 27.9 Å². The number of nitrogens with zero attached hydrogens (tertiary/aromatic N) is 1. The third-order valence-electron chi connectivity index (χ3n) is 15.0. The lowest BCUT2D eigenvalue weighted by Gasteiger charge is -2.59. The van der Waals surface area contributed by atoms with Gasteiger partial charge in [0.2, 0.25) is 5.91 Å². The average Bonchev–Trinajstić information content (AvgIpc) is 3.64. The fourth-order valence-corrected chi connectivity index (χ4v) is 13.0. The van der Waals surface area contributed by atoms with Crippen LogP contribution in [0.5, 0.6) is 0 Å². The van der Waals surface area contributed by atoms with Crippen molar-refractivity contribution < 1.29 is 40.2 Å². The van der Waals surface area contributed by atoms with Gasteiger partial charge in [0.1, 0.15) is 6.61 Å². The molecule has 2 aliphatic heterocycles. The lowest BCUT2D eigenvalue weighted by atomic mass is 9.46. The van der Waals surface area contributed by atoms with E-state index in [2.05, 4.69) is 20.8 Å². The van der Waals surface area contributed by atoms with E-state index in [9.17, 15) is 19.8 Å². The summed E-state index contributed by atoms with van der Waals surface area (Å²) in [5, 5.41) is 20.2. The smallest absolute Gasteiger partial charge is 0.303 e. The Morgan fingerprint density at radius 2 is 1.74 bits per heavy atom. The molecule has 9 nitrogen and oxygen atoms in total. The molecule has 10 unspecified atom stereocenters. The molecule has 5 saturated carbocycles. The number of aliphatic hydroxyl groups excluding tert-OH is 1. The van der Waals surface area contributed by atoms with Crippen LogP contribution in [0.25, 0.3) is 0 Å². The summed E-state index contributed by atoms with van der Waals surface area (Å²) >= 11 is 0. The van der Waals surface area contributed by atoms with E-state index in [-0.39, 0.29) is 48.7 Å². The largest absolute Gasteiger partial charge is 0.457 e. The Morgan fingerprint density at radius 1 is 0.978 bits per heavy atom. The summed E-state index contributed by atoms with van der Waals surface area (Å²) in [7, 11) is 0. The van der Waals surface area contributed by atoms with Gasteiger partial charge in [0.15, 0.2) is 12.4 Å². The van der Waals surface area contributed by atoms with Gasteiger partial charge in [-0.1, -0.05) is 20.8 Å². The highest BCUT2D eigenvalue weighted by Crippen LogP contribution is 2.87. The second-order valence-electron chi connectivity index (χ2n) is 17.8. The topological polar surface area (TPSA) is 115 Å². The first-order valence-electron chi connectivity index (χ1n) is 18.4. The third kappa shape index (κ3) is 5.02. The number of ether oxygens (including phenoxy) is 4. The number of esters is 1. The molecule has 1 amide bonds. The van der Waals surface area contributed by atoms with Crippen LogP contribution in [-0.4, -0.2) is 89.6 Å². The van der Waals surface area contributed by atoms with Crippen molar-refractivity contribution in [1.29, 1.82) is 0 Å². The van der Waals surface area contributed by atoms with Crippen LogP contribution in [-0.2, 0) is 28.5 Å². The fourth-order valence-electron chi connectivity index (χ4n) is 13.0.